The number of nitrogens with zero attached hydrogens (tertiary/aromatic N) is 4. The number of hydrogen-bond donors (Lipinski definition) is 1. The average Bonchev–Trinajstić information content (AvgIpc) is 3.30. The van der Waals surface area contributed by atoms with Crippen LogP contribution >= 0.6 is 0 Å². The van der Waals surface area contributed by atoms with Crippen LogP contribution in [-0.2, 0) is 0 Å². The minimum atomic E-state index is -0.302. The summed E-state index contributed by atoms with van der Waals surface area (Å²) < 4.78 is 7.36. The van der Waals surface area contributed by atoms with Gasteiger partial charge < -0.3 is 4.42 Å². The number of fused-ring (bicyclic) bond motifs is 1. The van der Waals surface area contributed by atoms with E-state index in [1.165, 1.54) is 0 Å². The van der Waals surface area contributed by atoms with Crippen molar-refractivity contribution in [2.24, 2.45) is 0 Å². The van der Waals surface area contributed by atoms with Crippen LogP contribution in [0, 0.1) is 0 Å². The van der Waals surface area contributed by atoms with Crippen LogP contribution in [0.15, 0.2) is 59.1 Å². The van der Waals surface area contributed by atoms with Crippen molar-refractivity contribution < 1.29 is 9.21 Å². The van der Waals surface area contributed by atoms with E-state index < -0.39 is 0 Å². The van der Waals surface area contributed by atoms with Gasteiger partial charge in [0.15, 0.2) is 0 Å². The van der Waals surface area contributed by atoms with E-state index in [9.17, 15) is 4.79 Å². The molecule has 0 aliphatic rings. The number of carbonyl (C=O) groups excluding carboxylic acids is 1. The number of anilines is 1. The Morgan fingerprint density at radius 1 is 1.08 bits per heavy atom. The molecule has 0 unspecified atom stereocenters. The van der Waals surface area contributed by atoms with Crippen LogP contribution in [0.3, 0.4) is 0 Å². The molecule has 0 fully saturated rings. The number of aromatic nitrogens is 4. The van der Waals surface area contributed by atoms with Gasteiger partial charge in [0.2, 0.25) is 0 Å². The summed E-state index contributed by atoms with van der Waals surface area (Å²) in [6.45, 7) is 4.02. The van der Waals surface area contributed by atoms with E-state index in [2.05, 4.69) is 20.6 Å². The van der Waals surface area contributed by atoms with E-state index in [1.807, 2.05) is 50.2 Å². The lowest BCUT2D eigenvalue weighted by molar-refractivity contribution is 0.102. The Labute approximate surface area is 149 Å². The van der Waals surface area contributed by atoms with E-state index in [0.717, 1.165) is 10.8 Å². The number of hydrogen-bond acceptors (Lipinski definition) is 5. The lowest BCUT2D eigenvalue weighted by atomic mass is 10.1. The van der Waals surface area contributed by atoms with Crippen LogP contribution in [0.5, 0.6) is 0 Å². The zero-order chi connectivity index (χ0) is 18.1. The third-order valence-electron chi connectivity index (χ3n) is 4.04. The molecule has 0 aliphatic carbocycles. The molecule has 0 atom stereocenters. The van der Waals surface area contributed by atoms with Crippen LogP contribution in [0.1, 0.15) is 30.2 Å². The highest BCUT2D eigenvalue weighted by Gasteiger charge is 2.17. The van der Waals surface area contributed by atoms with E-state index >= 15 is 0 Å². The van der Waals surface area contributed by atoms with Crippen molar-refractivity contribution in [3.05, 3.63) is 60.3 Å². The van der Waals surface area contributed by atoms with Gasteiger partial charge in [0.25, 0.3) is 11.8 Å². The van der Waals surface area contributed by atoms with Crippen molar-refractivity contribution in [2.45, 2.75) is 19.9 Å². The smallest absolute Gasteiger partial charge is 0.322 e. The SMILES string of the molecule is CC(C)n1nccc1-c1nnc(NC(=O)c2ccc3ccccc3c2)o1. The molecule has 0 bridgehead atoms. The van der Waals surface area contributed by atoms with Crippen molar-refractivity contribution in [1.29, 1.82) is 0 Å². The largest absolute Gasteiger partial charge is 0.401 e. The summed E-state index contributed by atoms with van der Waals surface area (Å²) in [7, 11) is 0. The topological polar surface area (TPSA) is 85.8 Å². The van der Waals surface area contributed by atoms with Gasteiger partial charge in [-0.25, -0.2) is 0 Å². The van der Waals surface area contributed by atoms with Gasteiger partial charge in [-0.3, -0.25) is 14.8 Å². The molecule has 7 heteroatoms. The molecular formula is C19H17N5O2. The summed E-state index contributed by atoms with van der Waals surface area (Å²) in [5.41, 5.74) is 1.23. The van der Waals surface area contributed by atoms with E-state index in [1.54, 1.807) is 23.0 Å². The minimum absolute atomic E-state index is 0.0506. The van der Waals surface area contributed by atoms with Crippen LogP contribution in [0.2, 0.25) is 0 Å². The number of rotatable bonds is 4. The van der Waals surface area contributed by atoms with Crippen molar-refractivity contribution in [3.63, 3.8) is 0 Å². The van der Waals surface area contributed by atoms with E-state index in [0.29, 0.717) is 17.1 Å². The predicted molar refractivity (Wildman–Crippen MR) is 97.8 cm³/mol. The fraction of sp³-hybridized carbons (Fsp3) is 0.158. The molecule has 0 spiro atoms. The van der Waals surface area contributed by atoms with Crippen molar-refractivity contribution in [3.8, 4) is 11.6 Å². The molecule has 0 saturated heterocycles. The second-order valence-electron chi connectivity index (χ2n) is 6.18. The second-order valence-corrected chi connectivity index (χ2v) is 6.18. The van der Waals surface area contributed by atoms with Gasteiger partial charge in [-0.15, -0.1) is 5.10 Å². The molecule has 2 aromatic carbocycles. The minimum Gasteiger partial charge on any atom is -0.401 e. The lowest BCUT2D eigenvalue weighted by Crippen LogP contribution is -2.12. The standard InChI is InChI=1S/C19H17N5O2/c1-12(2)24-16(9-10-20-24)18-22-23-19(26-18)21-17(25)15-8-7-13-5-3-4-6-14(13)11-15/h3-12H,1-2H3,(H,21,23,25). The van der Waals surface area contributed by atoms with Crippen molar-refractivity contribution in [2.75, 3.05) is 5.32 Å². The highest BCUT2D eigenvalue weighted by molar-refractivity contribution is 6.05. The molecule has 26 heavy (non-hydrogen) atoms. The number of carbonyl (C=O) groups is 1. The molecule has 0 aliphatic heterocycles. The summed E-state index contributed by atoms with van der Waals surface area (Å²) in [6, 6.07) is 15.4. The second kappa shape index (κ2) is 6.44. The Balaban J connectivity index is 1.56. The fourth-order valence-corrected chi connectivity index (χ4v) is 2.77. The Hall–Kier alpha value is -3.48. The first-order valence-electron chi connectivity index (χ1n) is 8.29. The lowest BCUT2D eigenvalue weighted by Gasteiger charge is -2.07. The van der Waals surface area contributed by atoms with Gasteiger partial charge in [0, 0.05) is 17.8 Å². The Kier molecular flexibility index (Phi) is 3.96. The monoisotopic (exact) mass is 347 g/mol. The fourth-order valence-electron chi connectivity index (χ4n) is 2.77. The Morgan fingerprint density at radius 2 is 1.88 bits per heavy atom. The maximum Gasteiger partial charge on any atom is 0.322 e. The first-order chi connectivity index (χ1) is 12.6. The third kappa shape index (κ3) is 2.95. The molecular weight excluding hydrogens is 330 g/mol. The van der Waals surface area contributed by atoms with Crippen LogP contribution < -0.4 is 5.32 Å². The van der Waals surface area contributed by atoms with Crippen molar-refractivity contribution in [1.82, 2.24) is 20.0 Å². The van der Waals surface area contributed by atoms with Gasteiger partial charge in [-0.05, 0) is 42.8 Å². The normalized spacial score (nSPS) is 11.2. The van der Waals surface area contributed by atoms with Gasteiger partial charge in [-0.1, -0.05) is 35.4 Å². The molecule has 0 radical (unpaired) electrons. The number of nitrogens with one attached hydrogen (secondary N) is 1. The molecule has 1 amide bonds. The first kappa shape index (κ1) is 16.0. The molecule has 4 aromatic rings. The average molecular weight is 347 g/mol. The summed E-state index contributed by atoms with van der Waals surface area (Å²) in [5.74, 6) is 0.00771. The molecule has 4 rings (SSSR count). The highest BCUT2D eigenvalue weighted by Crippen LogP contribution is 2.23. The Bertz CT molecular complexity index is 1080. The molecule has 1 N–H and O–H groups in total. The molecule has 7 nitrogen and oxygen atoms in total. The molecule has 2 heterocycles. The van der Waals surface area contributed by atoms with Gasteiger partial charge in [0.1, 0.15) is 5.69 Å². The third-order valence-corrected chi connectivity index (χ3v) is 4.04. The van der Waals surface area contributed by atoms with E-state index in [4.69, 9.17) is 4.42 Å². The maximum absolute atomic E-state index is 12.5. The zero-order valence-electron chi connectivity index (χ0n) is 14.4. The Morgan fingerprint density at radius 3 is 2.69 bits per heavy atom. The van der Waals surface area contributed by atoms with Gasteiger partial charge in [0.05, 0.1) is 0 Å². The molecule has 2 aromatic heterocycles. The van der Waals surface area contributed by atoms with E-state index in [-0.39, 0.29) is 18.0 Å². The van der Waals surface area contributed by atoms with Crippen molar-refractivity contribution >= 4 is 22.7 Å². The predicted octanol–water partition coefficient (Wildman–Crippen LogP) is 3.92. The summed E-state index contributed by atoms with van der Waals surface area (Å²) >= 11 is 0. The number of amides is 1. The maximum atomic E-state index is 12.5. The highest BCUT2D eigenvalue weighted by atomic mass is 16.4. The molecule has 130 valence electrons. The number of benzene rings is 2. The molecule has 0 saturated carbocycles. The van der Waals surface area contributed by atoms with Gasteiger partial charge >= 0.3 is 6.01 Å². The zero-order valence-corrected chi connectivity index (χ0v) is 14.4. The summed E-state index contributed by atoms with van der Waals surface area (Å²) in [4.78, 5) is 12.5. The van der Waals surface area contributed by atoms with Crippen LogP contribution in [0.25, 0.3) is 22.4 Å². The quantitative estimate of drug-likeness (QED) is 0.605. The van der Waals surface area contributed by atoms with Crippen LogP contribution in [0.4, 0.5) is 6.01 Å². The van der Waals surface area contributed by atoms with Gasteiger partial charge in [-0.2, -0.15) is 5.10 Å². The summed E-state index contributed by atoms with van der Waals surface area (Å²) in [5, 5.41) is 16.9. The summed E-state index contributed by atoms with van der Waals surface area (Å²) in [6.07, 6.45) is 1.67. The first-order valence-corrected chi connectivity index (χ1v) is 8.29. The van der Waals surface area contributed by atoms with Crippen LogP contribution in [-0.4, -0.2) is 25.9 Å².